The predicted octanol–water partition coefficient (Wildman–Crippen LogP) is 10.2. The molecule has 0 radical (unpaired) electrons. The number of rotatable bonds is 25. The molecule has 0 saturated carbocycles. The largest absolute Gasteiger partial charge is 0.508 e. The lowest BCUT2D eigenvalue weighted by molar-refractivity contribution is 0.0529. The highest BCUT2D eigenvalue weighted by Crippen LogP contribution is 2.14. The molecule has 0 atom stereocenters. The minimum absolute atomic E-state index is 0.481. The summed E-state index contributed by atoms with van der Waals surface area (Å²) in [6.45, 7) is 5.52. The van der Waals surface area contributed by atoms with Crippen LogP contribution in [0.2, 0.25) is 0 Å². The van der Waals surface area contributed by atoms with Gasteiger partial charge >= 0.3 is 6.16 Å². The Balaban J connectivity index is 3.11. The fourth-order valence-corrected chi connectivity index (χ4v) is 4.06. The SMILES string of the molecule is CCCCCCCCCCCCCCCCCCCOC(=O)OCCCCCCCC. The molecule has 0 rings (SSSR count). The van der Waals surface area contributed by atoms with Gasteiger partial charge in [0.25, 0.3) is 0 Å². The summed E-state index contributed by atoms with van der Waals surface area (Å²) in [6.07, 6.45) is 29.9. The molecule has 186 valence electrons. The number of unbranched alkanes of at least 4 members (excludes halogenated alkanes) is 21. The van der Waals surface area contributed by atoms with Gasteiger partial charge in [-0.25, -0.2) is 4.79 Å². The maximum absolute atomic E-state index is 11.5. The molecular weight excluding hydrogens is 384 g/mol. The van der Waals surface area contributed by atoms with Gasteiger partial charge in [-0.3, -0.25) is 0 Å². The highest BCUT2D eigenvalue weighted by atomic mass is 16.7. The lowest BCUT2D eigenvalue weighted by atomic mass is 10.0. The molecule has 0 N–H and O–H groups in total. The monoisotopic (exact) mass is 440 g/mol. The van der Waals surface area contributed by atoms with Crippen LogP contribution in [-0.2, 0) is 9.47 Å². The Bertz CT molecular complexity index is 343. The van der Waals surface area contributed by atoms with Crippen molar-refractivity contribution in [3.63, 3.8) is 0 Å². The van der Waals surface area contributed by atoms with Crippen LogP contribution >= 0.6 is 0 Å². The van der Waals surface area contributed by atoms with E-state index in [1.165, 1.54) is 122 Å². The van der Waals surface area contributed by atoms with E-state index >= 15 is 0 Å². The van der Waals surface area contributed by atoms with Crippen LogP contribution < -0.4 is 0 Å². The Morgan fingerprint density at radius 1 is 0.387 bits per heavy atom. The van der Waals surface area contributed by atoms with E-state index in [-0.39, 0.29) is 0 Å². The standard InChI is InChI=1S/C28H56O3/c1-3-5-7-9-11-12-13-14-15-16-17-18-19-20-21-23-25-27-31-28(29)30-26-24-22-10-8-6-4-2/h3-27H2,1-2H3. The topological polar surface area (TPSA) is 35.5 Å². The number of hydrogen-bond donors (Lipinski definition) is 0. The van der Waals surface area contributed by atoms with Crippen LogP contribution in [0.4, 0.5) is 4.79 Å². The Labute approximate surface area is 195 Å². The van der Waals surface area contributed by atoms with Gasteiger partial charge in [0.1, 0.15) is 0 Å². The minimum atomic E-state index is -0.481. The fourth-order valence-electron chi connectivity index (χ4n) is 4.06. The predicted molar refractivity (Wildman–Crippen MR) is 135 cm³/mol. The maximum atomic E-state index is 11.5. The van der Waals surface area contributed by atoms with E-state index in [4.69, 9.17) is 9.47 Å². The van der Waals surface area contributed by atoms with Crippen LogP contribution in [0.1, 0.15) is 162 Å². The number of carbonyl (C=O) groups is 1. The second-order valence-corrected chi connectivity index (χ2v) is 9.37. The van der Waals surface area contributed by atoms with Crippen LogP contribution in [0, 0.1) is 0 Å². The van der Waals surface area contributed by atoms with E-state index in [1.807, 2.05) is 0 Å². The molecule has 0 aliphatic rings. The van der Waals surface area contributed by atoms with Gasteiger partial charge in [-0.05, 0) is 12.8 Å². The molecule has 3 heteroatoms. The molecule has 3 nitrogen and oxygen atoms in total. The van der Waals surface area contributed by atoms with E-state index in [0.717, 1.165) is 25.7 Å². The Kier molecular flexibility index (Phi) is 26.7. The molecule has 0 aromatic carbocycles. The van der Waals surface area contributed by atoms with Crippen LogP contribution in [0.5, 0.6) is 0 Å². The molecule has 0 unspecified atom stereocenters. The van der Waals surface area contributed by atoms with Gasteiger partial charge in [-0.15, -0.1) is 0 Å². The molecule has 0 aliphatic carbocycles. The van der Waals surface area contributed by atoms with Gasteiger partial charge < -0.3 is 9.47 Å². The maximum Gasteiger partial charge on any atom is 0.508 e. The van der Waals surface area contributed by atoms with Crippen LogP contribution in [0.3, 0.4) is 0 Å². The number of ether oxygens (including phenoxy) is 2. The van der Waals surface area contributed by atoms with Crippen molar-refractivity contribution in [2.24, 2.45) is 0 Å². The van der Waals surface area contributed by atoms with Gasteiger partial charge in [0.2, 0.25) is 0 Å². The normalized spacial score (nSPS) is 11.0. The highest BCUT2D eigenvalue weighted by molar-refractivity contribution is 5.59. The van der Waals surface area contributed by atoms with Crippen molar-refractivity contribution in [1.29, 1.82) is 0 Å². The zero-order valence-electron chi connectivity index (χ0n) is 21.4. The van der Waals surface area contributed by atoms with Crippen molar-refractivity contribution >= 4 is 6.16 Å². The van der Waals surface area contributed by atoms with Crippen molar-refractivity contribution < 1.29 is 14.3 Å². The summed E-state index contributed by atoms with van der Waals surface area (Å²) in [5, 5.41) is 0. The molecule has 0 amide bonds. The summed E-state index contributed by atoms with van der Waals surface area (Å²) in [5.41, 5.74) is 0. The Morgan fingerprint density at radius 3 is 0.871 bits per heavy atom. The van der Waals surface area contributed by atoms with Gasteiger partial charge in [0.05, 0.1) is 13.2 Å². The van der Waals surface area contributed by atoms with Crippen LogP contribution in [-0.4, -0.2) is 19.4 Å². The van der Waals surface area contributed by atoms with Crippen molar-refractivity contribution in [2.75, 3.05) is 13.2 Å². The smallest absolute Gasteiger partial charge is 0.434 e. The minimum Gasteiger partial charge on any atom is -0.434 e. The lowest BCUT2D eigenvalue weighted by Crippen LogP contribution is -2.09. The summed E-state index contributed by atoms with van der Waals surface area (Å²) >= 11 is 0. The van der Waals surface area contributed by atoms with Gasteiger partial charge in [0, 0.05) is 0 Å². The van der Waals surface area contributed by atoms with Crippen LogP contribution in [0.25, 0.3) is 0 Å². The van der Waals surface area contributed by atoms with Gasteiger partial charge in [0.15, 0.2) is 0 Å². The Hall–Kier alpha value is -0.730. The molecular formula is C28H56O3. The van der Waals surface area contributed by atoms with E-state index in [9.17, 15) is 4.79 Å². The zero-order chi connectivity index (χ0) is 22.7. The molecule has 0 aromatic rings. The van der Waals surface area contributed by atoms with Gasteiger partial charge in [-0.2, -0.15) is 0 Å². The molecule has 0 bridgehead atoms. The molecule has 0 spiro atoms. The first kappa shape index (κ1) is 30.3. The third-order valence-corrected chi connectivity index (χ3v) is 6.19. The molecule has 0 aliphatic heterocycles. The molecule has 0 fully saturated rings. The second-order valence-electron chi connectivity index (χ2n) is 9.37. The summed E-state index contributed by atoms with van der Waals surface area (Å²) < 4.78 is 10.3. The third-order valence-electron chi connectivity index (χ3n) is 6.19. The van der Waals surface area contributed by atoms with E-state index < -0.39 is 6.16 Å². The molecule has 0 aromatic heterocycles. The van der Waals surface area contributed by atoms with E-state index in [0.29, 0.717) is 13.2 Å². The summed E-state index contributed by atoms with van der Waals surface area (Å²) in [7, 11) is 0. The van der Waals surface area contributed by atoms with Crippen molar-refractivity contribution in [3.05, 3.63) is 0 Å². The highest BCUT2D eigenvalue weighted by Gasteiger charge is 2.03. The van der Waals surface area contributed by atoms with Crippen LogP contribution in [0.15, 0.2) is 0 Å². The first-order valence-corrected chi connectivity index (χ1v) is 14.1. The van der Waals surface area contributed by atoms with E-state index in [2.05, 4.69) is 13.8 Å². The van der Waals surface area contributed by atoms with E-state index in [1.54, 1.807) is 0 Å². The quantitative estimate of drug-likeness (QED) is 0.105. The number of hydrogen-bond acceptors (Lipinski definition) is 3. The fraction of sp³-hybridized carbons (Fsp3) is 0.964. The second kappa shape index (κ2) is 27.3. The zero-order valence-corrected chi connectivity index (χ0v) is 21.4. The summed E-state index contributed by atoms with van der Waals surface area (Å²) in [6, 6.07) is 0. The first-order valence-electron chi connectivity index (χ1n) is 14.1. The molecule has 0 heterocycles. The van der Waals surface area contributed by atoms with Gasteiger partial charge in [-0.1, -0.05) is 149 Å². The summed E-state index contributed by atoms with van der Waals surface area (Å²) in [4.78, 5) is 11.5. The van der Waals surface area contributed by atoms with Crippen molar-refractivity contribution in [1.82, 2.24) is 0 Å². The third kappa shape index (κ3) is 27.2. The molecule has 31 heavy (non-hydrogen) atoms. The lowest BCUT2D eigenvalue weighted by Gasteiger charge is -2.06. The van der Waals surface area contributed by atoms with Crippen molar-refractivity contribution in [3.8, 4) is 0 Å². The average molecular weight is 441 g/mol. The summed E-state index contributed by atoms with van der Waals surface area (Å²) in [5.74, 6) is 0. The first-order chi connectivity index (χ1) is 15.3. The molecule has 0 saturated heterocycles. The average Bonchev–Trinajstić information content (AvgIpc) is 2.77. The van der Waals surface area contributed by atoms with Crippen molar-refractivity contribution in [2.45, 2.75) is 162 Å². The number of carbonyl (C=O) groups excluding carboxylic acids is 1. The Morgan fingerprint density at radius 2 is 0.613 bits per heavy atom.